The third-order valence-corrected chi connectivity index (χ3v) is 2.89. The number of ether oxygens (including phenoxy) is 1. The minimum atomic E-state index is 0.448. The minimum Gasteiger partial charge on any atom is -0.353 e. The van der Waals surface area contributed by atoms with Crippen LogP contribution in [0.15, 0.2) is 0 Å². The van der Waals surface area contributed by atoms with Crippen molar-refractivity contribution in [3.63, 3.8) is 0 Å². The molecule has 0 saturated carbocycles. The maximum absolute atomic E-state index is 5.43. The zero-order valence-corrected chi connectivity index (χ0v) is 7.99. The van der Waals surface area contributed by atoms with Crippen LogP contribution in [0.25, 0.3) is 0 Å². The van der Waals surface area contributed by atoms with Crippen molar-refractivity contribution in [3.8, 4) is 0 Å². The van der Waals surface area contributed by atoms with Crippen molar-refractivity contribution in [1.29, 1.82) is 0 Å². The Morgan fingerprint density at radius 1 is 1.25 bits per heavy atom. The molecular formula is C9H18N2O. The highest BCUT2D eigenvalue weighted by molar-refractivity contribution is 4.84. The Morgan fingerprint density at radius 2 is 1.83 bits per heavy atom. The van der Waals surface area contributed by atoms with E-state index < -0.39 is 0 Å². The Bertz CT molecular complexity index is 155. The lowest BCUT2D eigenvalue weighted by atomic mass is 10.3. The SMILES string of the molecule is CCN1CCN(C2OC2C)CC1. The summed E-state index contributed by atoms with van der Waals surface area (Å²) in [5.41, 5.74) is 0. The fourth-order valence-corrected chi connectivity index (χ4v) is 1.89. The number of piperazine rings is 1. The van der Waals surface area contributed by atoms with Crippen LogP contribution in [0.3, 0.4) is 0 Å². The van der Waals surface area contributed by atoms with Crippen LogP contribution in [0.2, 0.25) is 0 Å². The molecule has 12 heavy (non-hydrogen) atoms. The molecule has 2 saturated heterocycles. The summed E-state index contributed by atoms with van der Waals surface area (Å²) in [7, 11) is 0. The van der Waals surface area contributed by atoms with E-state index in [9.17, 15) is 0 Å². The van der Waals surface area contributed by atoms with E-state index in [1.807, 2.05) is 0 Å². The number of epoxide rings is 1. The summed E-state index contributed by atoms with van der Waals surface area (Å²) in [6.45, 7) is 10.4. The van der Waals surface area contributed by atoms with Crippen LogP contribution in [0, 0.1) is 0 Å². The normalized spacial score (nSPS) is 38.5. The van der Waals surface area contributed by atoms with Gasteiger partial charge in [-0.15, -0.1) is 0 Å². The molecule has 2 aliphatic rings. The summed E-state index contributed by atoms with van der Waals surface area (Å²) in [5, 5.41) is 0. The van der Waals surface area contributed by atoms with Crippen molar-refractivity contribution >= 4 is 0 Å². The first-order chi connectivity index (χ1) is 5.81. The molecule has 0 N–H and O–H groups in total. The van der Waals surface area contributed by atoms with Gasteiger partial charge in [-0.25, -0.2) is 0 Å². The standard InChI is InChI=1S/C9H18N2O/c1-3-10-4-6-11(7-5-10)9-8(2)12-9/h8-9H,3-7H2,1-2H3. The van der Waals surface area contributed by atoms with Gasteiger partial charge in [0.05, 0.1) is 6.10 Å². The number of likely N-dealkylation sites (N-methyl/N-ethyl adjacent to an activating group) is 1. The summed E-state index contributed by atoms with van der Waals surface area (Å²) < 4.78 is 5.43. The second-order valence-electron chi connectivity index (χ2n) is 3.70. The number of nitrogens with zero attached hydrogens (tertiary/aromatic N) is 2. The maximum Gasteiger partial charge on any atom is 0.137 e. The van der Waals surface area contributed by atoms with Gasteiger partial charge in [0.1, 0.15) is 6.23 Å². The molecule has 2 rings (SSSR count). The van der Waals surface area contributed by atoms with Crippen LogP contribution < -0.4 is 0 Å². The molecule has 0 spiro atoms. The third-order valence-electron chi connectivity index (χ3n) is 2.89. The van der Waals surface area contributed by atoms with Crippen molar-refractivity contribution in [2.24, 2.45) is 0 Å². The zero-order chi connectivity index (χ0) is 8.55. The molecule has 0 aromatic heterocycles. The van der Waals surface area contributed by atoms with Crippen LogP contribution >= 0.6 is 0 Å². The second kappa shape index (κ2) is 3.32. The van der Waals surface area contributed by atoms with E-state index in [4.69, 9.17) is 4.74 Å². The Labute approximate surface area is 74.3 Å². The van der Waals surface area contributed by atoms with Gasteiger partial charge in [0.15, 0.2) is 0 Å². The summed E-state index contributed by atoms with van der Waals surface area (Å²) in [4.78, 5) is 4.94. The first kappa shape index (κ1) is 8.48. The molecule has 0 aliphatic carbocycles. The van der Waals surface area contributed by atoms with Gasteiger partial charge in [0.2, 0.25) is 0 Å². The molecule has 2 aliphatic heterocycles. The smallest absolute Gasteiger partial charge is 0.137 e. The Morgan fingerprint density at radius 3 is 2.25 bits per heavy atom. The lowest BCUT2D eigenvalue weighted by molar-refractivity contribution is 0.0946. The van der Waals surface area contributed by atoms with E-state index in [1.54, 1.807) is 0 Å². The molecule has 2 unspecified atom stereocenters. The van der Waals surface area contributed by atoms with E-state index in [-0.39, 0.29) is 0 Å². The summed E-state index contributed by atoms with van der Waals surface area (Å²) in [6, 6.07) is 0. The quantitative estimate of drug-likeness (QED) is 0.558. The van der Waals surface area contributed by atoms with Crippen molar-refractivity contribution in [2.75, 3.05) is 32.7 Å². The predicted octanol–water partition coefficient (Wildman–Crippen LogP) is 0.369. The fourth-order valence-electron chi connectivity index (χ4n) is 1.89. The summed E-state index contributed by atoms with van der Waals surface area (Å²) in [5.74, 6) is 0. The highest BCUT2D eigenvalue weighted by Gasteiger charge is 2.40. The van der Waals surface area contributed by atoms with Crippen LogP contribution in [0.4, 0.5) is 0 Å². The Kier molecular flexibility index (Phi) is 2.35. The lowest BCUT2D eigenvalue weighted by Gasteiger charge is -2.33. The maximum atomic E-state index is 5.43. The van der Waals surface area contributed by atoms with Crippen LogP contribution in [-0.4, -0.2) is 54.9 Å². The number of rotatable bonds is 2. The summed E-state index contributed by atoms with van der Waals surface area (Å²) >= 11 is 0. The molecule has 3 nitrogen and oxygen atoms in total. The lowest BCUT2D eigenvalue weighted by Crippen LogP contribution is -2.47. The van der Waals surface area contributed by atoms with Gasteiger partial charge in [-0.1, -0.05) is 6.92 Å². The monoisotopic (exact) mass is 170 g/mol. The van der Waals surface area contributed by atoms with Gasteiger partial charge in [-0.2, -0.15) is 0 Å². The highest BCUT2D eigenvalue weighted by atomic mass is 16.6. The van der Waals surface area contributed by atoms with Crippen LogP contribution in [0.1, 0.15) is 13.8 Å². The van der Waals surface area contributed by atoms with Crippen molar-refractivity contribution in [1.82, 2.24) is 9.80 Å². The highest BCUT2D eigenvalue weighted by Crippen LogP contribution is 2.25. The average Bonchev–Trinajstić information content (AvgIpc) is 2.83. The molecule has 0 aromatic rings. The second-order valence-corrected chi connectivity index (χ2v) is 3.70. The molecule has 0 aromatic carbocycles. The van der Waals surface area contributed by atoms with E-state index >= 15 is 0 Å². The van der Waals surface area contributed by atoms with Gasteiger partial charge in [0.25, 0.3) is 0 Å². The molecule has 0 amide bonds. The van der Waals surface area contributed by atoms with Gasteiger partial charge in [-0.3, -0.25) is 4.90 Å². The minimum absolute atomic E-state index is 0.448. The van der Waals surface area contributed by atoms with Crippen LogP contribution in [0.5, 0.6) is 0 Å². The van der Waals surface area contributed by atoms with E-state index in [0.717, 1.165) is 0 Å². The average molecular weight is 170 g/mol. The topological polar surface area (TPSA) is 19.0 Å². The largest absolute Gasteiger partial charge is 0.353 e. The van der Waals surface area contributed by atoms with Crippen molar-refractivity contribution < 1.29 is 4.74 Å². The van der Waals surface area contributed by atoms with E-state index in [0.29, 0.717) is 12.3 Å². The van der Waals surface area contributed by atoms with Gasteiger partial charge < -0.3 is 9.64 Å². The molecule has 2 atom stereocenters. The molecule has 70 valence electrons. The van der Waals surface area contributed by atoms with Crippen LogP contribution in [-0.2, 0) is 4.74 Å². The molecule has 2 fully saturated rings. The Balaban J connectivity index is 1.75. The van der Waals surface area contributed by atoms with Gasteiger partial charge in [0, 0.05) is 26.2 Å². The van der Waals surface area contributed by atoms with Crippen molar-refractivity contribution in [2.45, 2.75) is 26.2 Å². The Hall–Kier alpha value is -0.120. The number of hydrogen-bond acceptors (Lipinski definition) is 3. The molecule has 0 bridgehead atoms. The van der Waals surface area contributed by atoms with E-state index in [2.05, 4.69) is 23.6 Å². The zero-order valence-electron chi connectivity index (χ0n) is 7.99. The summed E-state index contributed by atoms with van der Waals surface area (Å²) in [6.07, 6.45) is 0.933. The fraction of sp³-hybridized carbons (Fsp3) is 1.00. The third kappa shape index (κ3) is 1.63. The van der Waals surface area contributed by atoms with Crippen molar-refractivity contribution in [3.05, 3.63) is 0 Å². The van der Waals surface area contributed by atoms with Gasteiger partial charge >= 0.3 is 0 Å². The van der Waals surface area contributed by atoms with Gasteiger partial charge in [-0.05, 0) is 13.5 Å². The molecule has 0 radical (unpaired) electrons. The van der Waals surface area contributed by atoms with E-state index in [1.165, 1.54) is 32.7 Å². The molecule has 2 heterocycles. The first-order valence-electron chi connectivity index (χ1n) is 4.93. The first-order valence-corrected chi connectivity index (χ1v) is 4.93. The molecular weight excluding hydrogens is 152 g/mol. The number of hydrogen-bond donors (Lipinski definition) is 0. The predicted molar refractivity (Wildman–Crippen MR) is 48.0 cm³/mol. The molecule has 3 heteroatoms.